The molecule has 0 bridgehead atoms. The maximum Gasteiger partial charge on any atom is 0.236 e. The van der Waals surface area contributed by atoms with Gasteiger partial charge >= 0.3 is 0 Å². The van der Waals surface area contributed by atoms with Crippen molar-refractivity contribution >= 4 is 5.91 Å². The summed E-state index contributed by atoms with van der Waals surface area (Å²) in [5.74, 6) is -0.0505. The van der Waals surface area contributed by atoms with Crippen LogP contribution in [0, 0.1) is 0 Å². The minimum absolute atomic E-state index is 0.0505. The lowest BCUT2D eigenvalue weighted by atomic mass is 10.2. The highest BCUT2D eigenvalue weighted by Crippen LogP contribution is 2.14. The first-order valence-electron chi connectivity index (χ1n) is 5.39. The van der Waals surface area contributed by atoms with E-state index in [-0.39, 0.29) is 11.9 Å². The largest absolute Gasteiger partial charge is 0.378 e. The predicted octanol–water partition coefficient (Wildman–Crippen LogP) is 0.409. The van der Waals surface area contributed by atoms with Crippen LogP contribution in [0.3, 0.4) is 0 Å². The molecule has 0 spiro atoms. The molecule has 0 aromatic rings. The Balaban J connectivity index is 2.05. The SMILES string of the molecule is CC[C@@H](N)C(=O)NCCC1CCCO1. The molecule has 0 saturated carbocycles. The Morgan fingerprint density at radius 1 is 1.71 bits per heavy atom. The molecule has 1 amide bonds. The maximum absolute atomic E-state index is 11.3. The number of nitrogens with one attached hydrogen (secondary N) is 1. The number of rotatable bonds is 5. The van der Waals surface area contributed by atoms with Crippen LogP contribution < -0.4 is 11.1 Å². The maximum atomic E-state index is 11.3. The zero-order chi connectivity index (χ0) is 10.4. The van der Waals surface area contributed by atoms with Crippen LogP contribution in [0.15, 0.2) is 0 Å². The molecule has 0 aliphatic carbocycles. The Morgan fingerprint density at radius 3 is 3.07 bits per heavy atom. The summed E-state index contributed by atoms with van der Waals surface area (Å²) in [6.45, 7) is 3.45. The van der Waals surface area contributed by atoms with Gasteiger partial charge in [0.15, 0.2) is 0 Å². The molecule has 1 aliphatic rings. The zero-order valence-electron chi connectivity index (χ0n) is 8.79. The first kappa shape index (κ1) is 11.5. The van der Waals surface area contributed by atoms with E-state index in [0.29, 0.717) is 19.1 Å². The van der Waals surface area contributed by atoms with E-state index in [0.717, 1.165) is 25.9 Å². The highest BCUT2D eigenvalue weighted by molar-refractivity contribution is 5.81. The first-order valence-corrected chi connectivity index (χ1v) is 5.39. The fourth-order valence-electron chi connectivity index (χ4n) is 1.54. The molecular weight excluding hydrogens is 180 g/mol. The highest BCUT2D eigenvalue weighted by atomic mass is 16.5. The fourth-order valence-corrected chi connectivity index (χ4v) is 1.54. The Bertz CT molecular complexity index is 179. The third-order valence-electron chi connectivity index (χ3n) is 2.57. The van der Waals surface area contributed by atoms with E-state index in [9.17, 15) is 4.79 Å². The molecule has 2 atom stereocenters. The number of amides is 1. The molecule has 1 saturated heterocycles. The molecule has 1 unspecified atom stereocenters. The van der Waals surface area contributed by atoms with Gasteiger partial charge in [-0.25, -0.2) is 0 Å². The van der Waals surface area contributed by atoms with E-state index in [2.05, 4.69) is 5.32 Å². The summed E-state index contributed by atoms with van der Waals surface area (Å²) >= 11 is 0. The summed E-state index contributed by atoms with van der Waals surface area (Å²) in [7, 11) is 0. The molecule has 4 nitrogen and oxygen atoms in total. The molecule has 1 fully saturated rings. The molecule has 82 valence electrons. The van der Waals surface area contributed by atoms with Gasteiger partial charge in [-0.05, 0) is 25.7 Å². The summed E-state index contributed by atoms with van der Waals surface area (Å²) in [6, 6.07) is -0.362. The molecule has 0 aromatic heterocycles. The third-order valence-corrected chi connectivity index (χ3v) is 2.57. The Labute approximate surface area is 85.2 Å². The smallest absolute Gasteiger partial charge is 0.236 e. The Hall–Kier alpha value is -0.610. The van der Waals surface area contributed by atoms with Gasteiger partial charge in [-0.15, -0.1) is 0 Å². The zero-order valence-corrected chi connectivity index (χ0v) is 8.79. The van der Waals surface area contributed by atoms with Crippen molar-refractivity contribution in [1.29, 1.82) is 0 Å². The van der Waals surface area contributed by atoms with Gasteiger partial charge in [0.25, 0.3) is 0 Å². The van der Waals surface area contributed by atoms with Gasteiger partial charge in [-0.3, -0.25) is 4.79 Å². The lowest BCUT2D eigenvalue weighted by molar-refractivity contribution is -0.122. The van der Waals surface area contributed by atoms with Gasteiger partial charge in [-0.1, -0.05) is 6.92 Å². The predicted molar refractivity (Wildman–Crippen MR) is 54.9 cm³/mol. The summed E-state index contributed by atoms with van der Waals surface area (Å²) in [4.78, 5) is 11.3. The van der Waals surface area contributed by atoms with Crippen molar-refractivity contribution in [3.63, 3.8) is 0 Å². The van der Waals surface area contributed by atoms with Crippen molar-refractivity contribution in [2.75, 3.05) is 13.2 Å². The van der Waals surface area contributed by atoms with Gasteiger partial charge in [0.05, 0.1) is 12.1 Å². The number of carbonyl (C=O) groups excluding carboxylic acids is 1. The van der Waals surface area contributed by atoms with Crippen molar-refractivity contribution in [3.8, 4) is 0 Å². The summed E-state index contributed by atoms with van der Waals surface area (Å²) in [5.41, 5.74) is 5.57. The standard InChI is InChI=1S/C10H20N2O2/c1-2-9(11)10(13)12-6-5-8-4-3-7-14-8/h8-9H,2-7,11H2,1H3,(H,12,13)/t8?,9-/m1/s1. The number of hydrogen-bond donors (Lipinski definition) is 2. The van der Waals surface area contributed by atoms with Crippen LogP contribution >= 0.6 is 0 Å². The van der Waals surface area contributed by atoms with Gasteiger partial charge in [0.2, 0.25) is 5.91 Å². The van der Waals surface area contributed by atoms with E-state index in [1.54, 1.807) is 0 Å². The number of ether oxygens (including phenoxy) is 1. The van der Waals surface area contributed by atoms with Crippen molar-refractivity contribution in [2.24, 2.45) is 5.73 Å². The average Bonchev–Trinajstić information content (AvgIpc) is 2.69. The molecule has 1 heterocycles. The van der Waals surface area contributed by atoms with E-state index in [1.807, 2.05) is 6.92 Å². The van der Waals surface area contributed by atoms with Crippen molar-refractivity contribution in [3.05, 3.63) is 0 Å². The quantitative estimate of drug-likeness (QED) is 0.675. The average molecular weight is 200 g/mol. The van der Waals surface area contributed by atoms with E-state index >= 15 is 0 Å². The number of nitrogens with two attached hydrogens (primary N) is 1. The van der Waals surface area contributed by atoms with Crippen LogP contribution in [0.5, 0.6) is 0 Å². The van der Waals surface area contributed by atoms with E-state index in [4.69, 9.17) is 10.5 Å². The van der Waals surface area contributed by atoms with E-state index in [1.165, 1.54) is 0 Å². The van der Waals surface area contributed by atoms with Crippen LogP contribution in [0.25, 0.3) is 0 Å². The Kier molecular flexibility index (Phi) is 4.90. The lowest BCUT2D eigenvalue weighted by Gasteiger charge is -2.12. The summed E-state index contributed by atoms with van der Waals surface area (Å²) in [6.07, 6.45) is 4.20. The molecular formula is C10H20N2O2. The molecule has 1 aliphatic heterocycles. The van der Waals surface area contributed by atoms with Gasteiger partial charge in [0, 0.05) is 13.2 Å². The van der Waals surface area contributed by atoms with Crippen molar-refractivity contribution in [1.82, 2.24) is 5.32 Å². The fraction of sp³-hybridized carbons (Fsp3) is 0.900. The molecule has 4 heteroatoms. The van der Waals surface area contributed by atoms with E-state index < -0.39 is 0 Å². The van der Waals surface area contributed by atoms with Crippen LogP contribution in [0.4, 0.5) is 0 Å². The van der Waals surface area contributed by atoms with Crippen LogP contribution in [0.1, 0.15) is 32.6 Å². The number of carbonyl (C=O) groups is 1. The molecule has 0 radical (unpaired) electrons. The highest BCUT2D eigenvalue weighted by Gasteiger charge is 2.16. The molecule has 3 N–H and O–H groups in total. The van der Waals surface area contributed by atoms with Crippen molar-refractivity contribution in [2.45, 2.75) is 44.8 Å². The molecule has 14 heavy (non-hydrogen) atoms. The van der Waals surface area contributed by atoms with Gasteiger partial charge < -0.3 is 15.8 Å². The minimum atomic E-state index is -0.362. The van der Waals surface area contributed by atoms with Crippen LogP contribution in [-0.2, 0) is 9.53 Å². The topological polar surface area (TPSA) is 64.4 Å². The van der Waals surface area contributed by atoms with Gasteiger partial charge in [-0.2, -0.15) is 0 Å². The lowest BCUT2D eigenvalue weighted by Crippen LogP contribution is -2.40. The second-order valence-corrected chi connectivity index (χ2v) is 3.73. The molecule has 0 aromatic carbocycles. The minimum Gasteiger partial charge on any atom is -0.378 e. The normalized spacial score (nSPS) is 23.4. The Morgan fingerprint density at radius 2 is 2.50 bits per heavy atom. The van der Waals surface area contributed by atoms with Crippen LogP contribution in [-0.4, -0.2) is 31.2 Å². The van der Waals surface area contributed by atoms with Gasteiger partial charge in [0.1, 0.15) is 0 Å². The first-order chi connectivity index (χ1) is 6.74. The number of hydrogen-bond acceptors (Lipinski definition) is 3. The monoisotopic (exact) mass is 200 g/mol. The molecule has 1 rings (SSSR count). The van der Waals surface area contributed by atoms with Crippen molar-refractivity contribution < 1.29 is 9.53 Å². The summed E-state index contributed by atoms with van der Waals surface area (Å²) < 4.78 is 5.44. The third kappa shape index (κ3) is 3.64. The second kappa shape index (κ2) is 5.98. The van der Waals surface area contributed by atoms with Crippen LogP contribution in [0.2, 0.25) is 0 Å². The second-order valence-electron chi connectivity index (χ2n) is 3.73. The summed E-state index contributed by atoms with van der Waals surface area (Å²) in [5, 5.41) is 2.82.